The first kappa shape index (κ1) is 12.7. The second kappa shape index (κ2) is 5.37. The van der Waals surface area contributed by atoms with Crippen molar-refractivity contribution < 1.29 is 4.79 Å². The molecule has 3 nitrogen and oxygen atoms in total. The maximum Gasteiger partial charge on any atom is 0.161 e. The Bertz CT molecular complexity index is 798. The summed E-state index contributed by atoms with van der Waals surface area (Å²) in [6, 6.07) is 11.6. The zero-order valence-corrected chi connectivity index (χ0v) is 11.9. The van der Waals surface area contributed by atoms with Crippen LogP contribution in [-0.2, 0) is 0 Å². The van der Waals surface area contributed by atoms with Gasteiger partial charge in [-0.25, -0.2) is 0 Å². The van der Waals surface area contributed by atoms with Gasteiger partial charge in [0.05, 0.1) is 22.2 Å². The van der Waals surface area contributed by atoms with Gasteiger partial charge in [0.2, 0.25) is 0 Å². The molecular formula is C15H8N2OS2. The molecule has 3 aromatic rings. The minimum absolute atomic E-state index is 0.584. The van der Waals surface area contributed by atoms with Crippen LogP contribution in [0, 0.1) is 11.3 Å². The van der Waals surface area contributed by atoms with Crippen molar-refractivity contribution in [2.24, 2.45) is 0 Å². The lowest BCUT2D eigenvalue weighted by Gasteiger charge is -2.04. The Morgan fingerprint density at radius 1 is 1.20 bits per heavy atom. The van der Waals surface area contributed by atoms with Crippen LogP contribution in [0.15, 0.2) is 41.1 Å². The maximum atomic E-state index is 10.7. The van der Waals surface area contributed by atoms with Gasteiger partial charge in [-0.1, -0.05) is 12.1 Å². The van der Waals surface area contributed by atoms with Gasteiger partial charge < -0.3 is 0 Å². The van der Waals surface area contributed by atoms with Crippen LogP contribution in [0.5, 0.6) is 0 Å². The van der Waals surface area contributed by atoms with Crippen LogP contribution in [0.1, 0.15) is 15.2 Å². The van der Waals surface area contributed by atoms with Gasteiger partial charge in [0.15, 0.2) is 6.29 Å². The first-order valence-electron chi connectivity index (χ1n) is 5.81. The Labute approximate surface area is 123 Å². The molecule has 0 amide bonds. The lowest BCUT2D eigenvalue weighted by molar-refractivity contribution is 0.112. The molecular weight excluding hydrogens is 288 g/mol. The molecule has 0 radical (unpaired) electrons. The summed E-state index contributed by atoms with van der Waals surface area (Å²) in [6.07, 6.45) is 0.784. The van der Waals surface area contributed by atoms with E-state index >= 15 is 0 Å². The zero-order valence-electron chi connectivity index (χ0n) is 10.2. The molecule has 0 saturated heterocycles. The molecule has 0 saturated carbocycles. The van der Waals surface area contributed by atoms with Crippen molar-refractivity contribution >= 4 is 29.2 Å². The van der Waals surface area contributed by atoms with Crippen molar-refractivity contribution in [3.63, 3.8) is 0 Å². The summed E-state index contributed by atoms with van der Waals surface area (Å²) in [5.74, 6) is 0. The van der Waals surface area contributed by atoms with Crippen molar-refractivity contribution in [2.75, 3.05) is 0 Å². The van der Waals surface area contributed by atoms with E-state index in [-0.39, 0.29) is 0 Å². The number of nitrogens with zero attached hydrogens (tertiary/aromatic N) is 2. The molecule has 1 aromatic carbocycles. The first-order chi connectivity index (χ1) is 9.81. The average Bonchev–Trinajstić information content (AvgIpc) is 3.17. The number of aldehydes is 1. The van der Waals surface area contributed by atoms with Crippen molar-refractivity contribution in [1.29, 1.82) is 5.26 Å². The molecule has 0 aliphatic heterocycles. The largest absolute Gasteiger partial charge is 0.297 e. The fourth-order valence-electron chi connectivity index (χ4n) is 1.95. The van der Waals surface area contributed by atoms with Gasteiger partial charge in [-0.05, 0) is 46.1 Å². The van der Waals surface area contributed by atoms with Crippen molar-refractivity contribution in [3.05, 3.63) is 51.5 Å². The van der Waals surface area contributed by atoms with E-state index in [1.54, 1.807) is 17.4 Å². The van der Waals surface area contributed by atoms with Crippen LogP contribution in [0.4, 0.5) is 0 Å². The SMILES string of the molecule is N#Cc1cc(-c2cc(C=O)sn2)ccc1-c1ccsc1. The van der Waals surface area contributed by atoms with Gasteiger partial charge in [-0.15, -0.1) is 0 Å². The normalized spacial score (nSPS) is 10.2. The minimum atomic E-state index is 0.584. The molecule has 2 aromatic heterocycles. The van der Waals surface area contributed by atoms with E-state index in [4.69, 9.17) is 0 Å². The van der Waals surface area contributed by atoms with Crippen LogP contribution in [0.25, 0.3) is 22.4 Å². The van der Waals surface area contributed by atoms with Gasteiger partial charge in [0.1, 0.15) is 0 Å². The molecule has 96 valence electrons. The maximum absolute atomic E-state index is 10.7. The highest BCUT2D eigenvalue weighted by molar-refractivity contribution is 7.08. The van der Waals surface area contributed by atoms with E-state index in [1.165, 1.54) is 0 Å². The Hall–Kier alpha value is -2.29. The third kappa shape index (κ3) is 2.27. The zero-order chi connectivity index (χ0) is 13.9. The van der Waals surface area contributed by atoms with Crippen LogP contribution in [0.3, 0.4) is 0 Å². The molecule has 20 heavy (non-hydrogen) atoms. The monoisotopic (exact) mass is 296 g/mol. The number of thiophene rings is 1. The minimum Gasteiger partial charge on any atom is -0.297 e. The summed E-state index contributed by atoms with van der Waals surface area (Å²) in [5, 5.41) is 13.3. The predicted molar refractivity (Wildman–Crippen MR) is 81.0 cm³/mol. The molecule has 0 aliphatic carbocycles. The number of rotatable bonds is 3. The Morgan fingerprint density at radius 3 is 2.75 bits per heavy atom. The smallest absolute Gasteiger partial charge is 0.161 e. The number of nitriles is 1. The first-order valence-corrected chi connectivity index (χ1v) is 7.52. The fraction of sp³-hybridized carbons (Fsp3) is 0. The van der Waals surface area contributed by atoms with Crippen molar-refractivity contribution in [1.82, 2.24) is 4.37 Å². The van der Waals surface area contributed by atoms with E-state index in [2.05, 4.69) is 10.4 Å². The topological polar surface area (TPSA) is 53.8 Å². The van der Waals surface area contributed by atoms with E-state index in [9.17, 15) is 10.1 Å². The summed E-state index contributed by atoms with van der Waals surface area (Å²) < 4.78 is 4.23. The summed E-state index contributed by atoms with van der Waals surface area (Å²) in [4.78, 5) is 11.3. The number of aromatic nitrogens is 1. The third-order valence-corrected chi connectivity index (χ3v) is 4.31. The molecule has 0 atom stereocenters. The Balaban J connectivity index is 2.08. The van der Waals surface area contributed by atoms with Crippen molar-refractivity contribution in [3.8, 4) is 28.5 Å². The highest BCUT2D eigenvalue weighted by Crippen LogP contribution is 2.30. The van der Waals surface area contributed by atoms with Gasteiger partial charge in [-0.3, -0.25) is 4.79 Å². The molecule has 0 N–H and O–H groups in total. The predicted octanol–water partition coefficient (Wildman–Crippen LogP) is 4.22. The standard InChI is InChI=1S/C15H8N2OS2/c16-7-12-5-10(15-6-13(8-18)20-17-15)1-2-14(12)11-3-4-19-9-11/h1-6,8-9H. The van der Waals surface area contributed by atoms with E-state index in [1.807, 2.05) is 35.0 Å². The van der Waals surface area contributed by atoms with Gasteiger partial charge in [0, 0.05) is 11.1 Å². The fourth-order valence-corrected chi connectivity index (χ4v) is 3.17. The molecule has 0 spiro atoms. The molecule has 0 unspecified atom stereocenters. The van der Waals surface area contributed by atoms with Gasteiger partial charge in [0.25, 0.3) is 0 Å². The Kier molecular flexibility index (Phi) is 3.42. The molecule has 0 aliphatic rings. The molecule has 2 heterocycles. The number of benzene rings is 1. The van der Waals surface area contributed by atoms with Gasteiger partial charge in [-0.2, -0.15) is 21.0 Å². The summed E-state index contributed by atoms with van der Waals surface area (Å²) >= 11 is 2.76. The van der Waals surface area contributed by atoms with Crippen LogP contribution >= 0.6 is 22.9 Å². The summed E-state index contributed by atoms with van der Waals surface area (Å²) in [6.45, 7) is 0. The van der Waals surface area contributed by atoms with Crippen LogP contribution < -0.4 is 0 Å². The molecule has 5 heteroatoms. The Morgan fingerprint density at radius 2 is 2.10 bits per heavy atom. The summed E-state index contributed by atoms with van der Waals surface area (Å²) in [5.41, 5.74) is 4.16. The van der Waals surface area contributed by atoms with Crippen LogP contribution in [0.2, 0.25) is 0 Å². The lowest BCUT2D eigenvalue weighted by atomic mass is 9.99. The number of carbonyl (C=O) groups excluding carboxylic acids is 1. The highest BCUT2D eigenvalue weighted by atomic mass is 32.1. The quantitative estimate of drug-likeness (QED) is 0.680. The number of carbonyl (C=O) groups is 1. The van der Waals surface area contributed by atoms with E-state index in [0.717, 1.165) is 40.2 Å². The van der Waals surface area contributed by atoms with Crippen molar-refractivity contribution in [2.45, 2.75) is 0 Å². The molecule has 0 bridgehead atoms. The average molecular weight is 296 g/mol. The third-order valence-electron chi connectivity index (χ3n) is 2.91. The second-order valence-corrected chi connectivity index (χ2v) is 5.73. The van der Waals surface area contributed by atoms with Gasteiger partial charge >= 0.3 is 0 Å². The number of hydrogen-bond acceptors (Lipinski definition) is 5. The van der Waals surface area contributed by atoms with E-state index in [0.29, 0.717) is 10.4 Å². The second-order valence-electron chi connectivity index (χ2n) is 4.12. The van der Waals surface area contributed by atoms with E-state index < -0.39 is 0 Å². The highest BCUT2D eigenvalue weighted by Gasteiger charge is 2.10. The van der Waals surface area contributed by atoms with Crippen LogP contribution in [-0.4, -0.2) is 10.7 Å². The molecule has 3 rings (SSSR count). The molecule has 0 fully saturated rings. The lowest BCUT2D eigenvalue weighted by Crippen LogP contribution is -1.85. The summed E-state index contributed by atoms with van der Waals surface area (Å²) in [7, 11) is 0. The number of hydrogen-bond donors (Lipinski definition) is 0.